The fourth-order valence-electron chi connectivity index (χ4n) is 4.17. The van der Waals surface area contributed by atoms with E-state index in [4.69, 9.17) is 14.5 Å². The van der Waals surface area contributed by atoms with Crippen LogP contribution < -0.4 is 14.8 Å². The lowest BCUT2D eigenvalue weighted by Gasteiger charge is -2.34. The second kappa shape index (κ2) is 9.69. The summed E-state index contributed by atoms with van der Waals surface area (Å²) in [6, 6.07) is 24.9. The monoisotopic (exact) mass is 445 g/mol. The normalized spacial score (nSPS) is 15.5. The number of para-hydroxylation sites is 1. The summed E-state index contributed by atoms with van der Waals surface area (Å²) in [6.45, 7) is 4.44. The second-order valence-electron chi connectivity index (χ2n) is 7.89. The van der Waals surface area contributed by atoms with E-state index in [0.29, 0.717) is 6.61 Å². The SMILES string of the molecule is COc1cc(C(c2nc3ccccc3s2)N2CCNCC2)ccc1OCc1ccccc1. The number of hydrogen-bond acceptors (Lipinski definition) is 6. The molecule has 1 aromatic heterocycles. The molecule has 6 heteroatoms. The number of methoxy groups -OCH3 is 1. The van der Waals surface area contributed by atoms with Crippen LogP contribution in [0.25, 0.3) is 10.2 Å². The van der Waals surface area contributed by atoms with Crippen molar-refractivity contribution >= 4 is 21.6 Å². The molecule has 0 saturated carbocycles. The number of ether oxygens (including phenoxy) is 2. The van der Waals surface area contributed by atoms with Gasteiger partial charge in [0.1, 0.15) is 11.6 Å². The van der Waals surface area contributed by atoms with Crippen molar-refractivity contribution in [3.8, 4) is 11.5 Å². The predicted octanol–water partition coefficient (Wildman–Crippen LogP) is 4.88. The maximum absolute atomic E-state index is 6.09. The summed E-state index contributed by atoms with van der Waals surface area (Å²) in [5.74, 6) is 1.50. The quantitative estimate of drug-likeness (QED) is 0.439. The van der Waals surface area contributed by atoms with Gasteiger partial charge in [-0.15, -0.1) is 11.3 Å². The van der Waals surface area contributed by atoms with E-state index < -0.39 is 0 Å². The minimum Gasteiger partial charge on any atom is -0.493 e. The van der Waals surface area contributed by atoms with Gasteiger partial charge in [0.05, 0.1) is 23.4 Å². The first-order valence-corrected chi connectivity index (χ1v) is 11.8. The van der Waals surface area contributed by atoms with Crippen LogP contribution in [0.3, 0.4) is 0 Å². The first-order valence-electron chi connectivity index (χ1n) is 11.0. The van der Waals surface area contributed by atoms with Crippen LogP contribution in [-0.2, 0) is 6.61 Å². The van der Waals surface area contributed by atoms with Crippen LogP contribution in [0.1, 0.15) is 22.2 Å². The summed E-state index contributed by atoms with van der Waals surface area (Å²) in [4.78, 5) is 7.51. The fraction of sp³-hybridized carbons (Fsp3) is 0.269. The minimum atomic E-state index is 0.0894. The average molecular weight is 446 g/mol. The highest BCUT2D eigenvalue weighted by atomic mass is 32.1. The maximum atomic E-state index is 6.09. The first kappa shape index (κ1) is 20.9. The number of thiazole rings is 1. The number of piperazine rings is 1. The van der Waals surface area contributed by atoms with Crippen molar-refractivity contribution in [2.75, 3.05) is 33.3 Å². The van der Waals surface area contributed by atoms with E-state index in [1.165, 1.54) is 10.3 Å². The van der Waals surface area contributed by atoms with Crippen LogP contribution in [0.15, 0.2) is 72.8 Å². The number of benzene rings is 3. The molecule has 5 rings (SSSR count). The van der Waals surface area contributed by atoms with Gasteiger partial charge in [0.25, 0.3) is 0 Å². The van der Waals surface area contributed by atoms with E-state index in [-0.39, 0.29) is 6.04 Å². The van der Waals surface area contributed by atoms with Gasteiger partial charge in [-0.2, -0.15) is 0 Å². The number of rotatable bonds is 7. The van der Waals surface area contributed by atoms with Gasteiger partial charge in [-0.3, -0.25) is 4.90 Å². The molecule has 3 aromatic carbocycles. The molecule has 32 heavy (non-hydrogen) atoms. The molecule has 1 aliphatic rings. The van der Waals surface area contributed by atoms with Gasteiger partial charge >= 0.3 is 0 Å². The molecule has 164 valence electrons. The number of hydrogen-bond donors (Lipinski definition) is 1. The number of nitrogens with zero attached hydrogens (tertiary/aromatic N) is 2. The lowest BCUT2D eigenvalue weighted by Crippen LogP contribution is -2.45. The Balaban J connectivity index is 1.47. The van der Waals surface area contributed by atoms with Gasteiger partial charge < -0.3 is 14.8 Å². The van der Waals surface area contributed by atoms with Crippen LogP contribution in [0.5, 0.6) is 11.5 Å². The molecule has 0 radical (unpaired) electrons. The van der Waals surface area contributed by atoms with Gasteiger partial charge in [-0.25, -0.2) is 4.98 Å². The molecular weight excluding hydrogens is 418 g/mol. The van der Waals surface area contributed by atoms with Crippen molar-refractivity contribution < 1.29 is 9.47 Å². The van der Waals surface area contributed by atoms with Gasteiger partial charge in [0, 0.05) is 26.2 Å². The maximum Gasteiger partial charge on any atom is 0.161 e. The molecule has 1 unspecified atom stereocenters. The first-order chi connectivity index (χ1) is 15.8. The molecule has 1 aliphatic heterocycles. The highest BCUT2D eigenvalue weighted by molar-refractivity contribution is 7.18. The van der Waals surface area contributed by atoms with Crippen molar-refractivity contribution in [1.29, 1.82) is 0 Å². The standard InChI is InChI=1S/C26H27N3O2S/c1-30-23-17-20(11-12-22(23)31-18-19-7-3-2-4-8-19)25(29-15-13-27-14-16-29)26-28-21-9-5-6-10-24(21)32-26/h2-12,17,25,27H,13-16,18H2,1H3. The minimum absolute atomic E-state index is 0.0894. The van der Waals surface area contributed by atoms with Gasteiger partial charge in [0.2, 0.25) is 0 Å². The van der Waals surface area contributed by atoms with Crippen molar-refractivity contribution in [3.63, 3.8) is 0 Å². The van der Waals surface area contributed by atoms with E-state index in [0.717, 1.165) is 53.8 Å². The van der Waals surface area contributed by atoms with E-state index in [1.54, 1.807) is 18.4 Å². The molecule has 0 spiro atoms. The molecular formula is C26H27N3O2S. The van der Waals surface area contributed by atoms with Crippen LogP contribution >= 0.6 is 11.3 Å². The van der Waals surface area contributed by atoms with E-state index in [2.05, 4.69) is 52.7 Å². The molecule has 0 aliphatic carbocycles. The Morgan fingerprint density at radius 1 is 0.969 bits per heavy atom. The smallest absolute Gasteiger partial charge is 0.161 e. The Labute approximate surface area is 192 Å². The van der Waals surface area contributed by atoms with E-state index >= 15 is 0 Å². The lowest BCUT2D eigenvalue weighted by atomic mass is 10.0. The Hall–Kier alpha value is -2.93. The number of nitrogens with one attached hydrogen (secondary N) is 1. The van der Waals surface area contributed by atoms with Crippen molar-refractivity contribution in [2.45, 2.75) is 12.6 Å². The highest BCUT2D eigenvalue weighted by Gasteiger charge is 2.27. The van der Waals surface area contributed by atoms with E-state index in [1.807, 2.05) is 30.3 Å². The Bertz CT molecular complexity index is 1140. The number of aromatic nitrogens is 1. The average Bonchev–Trinajstić information content (AvgIpc) is 3.28. The molecule has 1 fully saturated rings. The highest BCUT2D eigenvalue weighted by Crippen LogP contribution is 2.38. The summed E-state index contributed by atoms with van der Waals surface area (Å²) in [5.41, 5.74) is 3.36. The molecule has 1 saturated heterocycles. The lowest BCUT2D eigenvalue weighted by molar-refractivity contribution is 0.197. The van der Waals surface area contributed by atoms with Gasteiger partial charge in [-0.05, 0) is 35.4 Å². The Kier molecular flexibility index (Phi) is 6.34. The largest absolute Gasteiger partial charge is 0.493 e. The van der Waals surface area contributed by atoms with E-state index in [9.17, 15) is 0 Å². The zero-order valence-electron chi connectivity index (χ0n) is 18.2. The molecule has 1 atom stereocenters. The van der Waals surface area contributed by atoms with Crippen molar-refractivity contribution in [2.24, 2.45) is 0 Å². The van der Waals surface area contributed by atoms with Crippen molar-refractivity contribution in [3.05, 3.63) is 88.9 Å². The van der Waals surface area contributed by atoms with Crippen LogP contribution in [-0.4, -0.2) is 43.2 Å². The molecule has 1 N–H and O–H groups in total. The van der Waals surface area contributed by atoms with Crippen LogP contribution in [0.2, 0.25) is 0 Å². The molecule has 0 bridgehead atoms. The molecule has 0 amide bonds. The zero-order valence-corrected chi connectivity index (χ0v) is 19.0. The summed E-state index contributed by atoms with van der Waals surface area (Å²) < 4.78 is 13.0. The zero-order chi connectivity index (χ0) is 21.8. The number of fused-ring (bicyclic) bond motifs is 1. The van der Waals surface area contributed by atoms with Crippen molar-refractivity contribution in [1.82, 2.24) is 15.2 Å². The third-order valence-corrected chi connectivity index (χ3v) is 6.89. The molecule has 4 aromatic rings. The van der Waals surface area contributed by atoms with Crippen LogP contribution in [0.4, 0.5) is 0 Å². The molecule has 2 heterocycles. The Morgan fingerprint density at radius 3 is 2.53 bits per heavy atom. The summed E-state index contributed by atoms with van der Waals surface area (Å²) in [6.07, 6.45) is 0. The summed E-state index contributed by atoms with van der Waals surface area (Å²) in [5, 5.41) is 4.58. The predicted molar refractivity (Wildman–Crippen MR) is 130 cm³/mol. The summed E-state index contributed by atoms with van der Waals surface area (Å²) >= 11 is 1.77. The fourth-order valence-corrected chi connectivity index (χ4v) is 5.30. The molecule has 5 nitrogen and oxygen atoms in total. The van der Waals surface area contributed by atoms with Gasteiger partial charge in [-0.1, -0.05) is 48.5 Å². The Morgan fingerprint density at radius 2 is 1.75 bits per heavy atom. The van der Waals surface area contributed by atoms with Crippen LogP contribution in [0, 0.1) is 0 Å². The third-order valence-electron chi connectivity index (χ3n) is 5.80. The second-order valence-corrected chi connectivity index (χ2v) is 8.96. The topological polar surface area (TPSA) is 46.6 Å². The summed E-state index contributed by atoms with van der Waals surface area (Å²) in [7, 11) is 1.70. The van der Waals surface area contributed by atoms with Gasteiger partial charge in [0.15, 0.2) is 11.5 Å². The third kappa shape index (κ3) is 4.48.